The Labute approximate surface area is 120 Å². The molecule has 104 valence electrons. The predicted molar refractivity (Wildman–Crippen MR) is 80.9 cm³/mol. The van der Waals surface area contributed by atoms with Crippen LogP contribution in [-0.2, 0) is 4.74 Å². The van der Waals surface area contributed by atoms with Gasteiger partial charge in [-0.2, -0.15) is 0 Å². The van der Waals surface area contributed by atoms with E-state index in [-0.39, 0.29) is 0 Å². The second-order valence-corrected chi connectivity index (χ2v) is 6.95. The van der Waals surface area contributed by atoms with Crippen LogP contribution in [0.15, 0.2) is 29.2 Å². The van der Waals surface area contributed by atoms with E-state index in [0.717, 1.165) is 25.7 Å². The molecule has 1 unspecified atom stereocenters. The van der Waals surface area contributed by atoms with Gasteiger partial charge in [-0.15, -0.1) is 11.8 Å². The largest absolute Gasteiger partial charge is 0.381 e. The number of nitrogens with one attached hydrogen (secondary N) is 1. The van der Waals surface area contributed by atoms with Crippen LogP contribution in [0.4, 0.5) is 0 Å². The van der Waals surface area contributed by atoms with E-state index in [1.54, 1.807) is 5.56 Å². The minimum Gasteiger partial charge on any atom is -0.381 e. The van der Waals surface area contributed by atoms with Crippen molar-refractivity contribution >= 4 is 11.8 Å². The van der Waals surface area contributed by atoms with Gasteiger partial charge in [-0.25, -0.2) is 0 Å². The van der Waals surface area contributed by atoms with Gasteiger partial charge >= 0.3 is 0 Å². The van der Waals surface area contributed by atoms with Crippen LogP contribution < -0.4 is 5.32 Å². The van der Waals surface area contributed by atoms with E-state index in [4.69, 9.17) is 4.74 Å². The number of thioether (sulfide) groups is 1. The van der Waals surface area contributed by atoms with E-state index in [0.29, 0.717) is 5.41 Å². The van der Waals surface area contributed by atoms with Gasteiger partial charge in [0.1, 0.15) is 0 Å². The minimum atomic E-state index is 0.440. The molecule has 0 amide bonds. The highest BCUT2D eigenvalue weighted by Gasteiger charge is 2.36. The Morgan fingerprint density at radius 3 is 2.89 bits per heavy atom. The maximum atomic E-state index is 5.57. The molecule has 3 heteroatoms. The first kappa shape index (κ1) is 13.5. The highest BCUT2D eigenvalue weighted by atomic mass is 32.2. The molecule has 3 rings (SSSR count). The van der Waals surface area contributed by atoms with Crippen molar-refractivity contribution in [2.75, 3.05) is 32.6 Å². The number of rotatable bonds is 4. The average molecular weight is 277 g/mol. The highest BCUT2D eigenvalue weighted by molar-refractivity contribution is 7.99. The fourth-order valence-electron chi connectivity index (χ4n) is 3.55. The van der Waals surface area contributed by atoms with Crippen molar-refractivity contribution in [3.05, 3.63) is 29.8 Å². The topological polar surface area (TPSA) is 21.3 Å². The lowest BCUT2D eigenvalue weighted by Crippen LogP contribution is -2.39. The SMILES string of the molecule is CNCC1(CC2CSc3ccccc32)CCOCC1. The lowest BCUT2D eigenvalue weighted by Gasteiger charge is -2.39. The summed E-state index contributed by atoms with van der Waals surface area (Å²) in [6.07, 6.45) is 3.72. The molecule has 1 atom stereocenters. The zero-order chi connectivity index (χ0) is 13.1. The number of hydrogen-bond donors (Lipinski definition) is 1. The van der Waals surface area contributed by atoms with E-state index in [9.17, 15) is 0 Å². The van der Waals surface area contributed by atoms with E-state index >= 15 is 0 Å². The van der Waals surface area contributed by atoms with Crippen molar-refractivity contribution in [1.82, 2.24) is 5.32 Å². The van der Waals surface area contributed by atoms with Crippen LogP contribution in [0.5, 0.6) is 0 Å². The second kappa shape index (κ2) is 5.86. The van der Waals surface area contributed by atoms with Gasteiger partial charge in [-0.3, -0.25) is 0 Å². The van der Waals surface area contributed by atoms with Gasteiger partial charge in [-0.05, 0) is 49.3 Å². The highest BCUT2D eigenvalue weighted by Crippen LogP contribution is 2.47. The maximum Gasteiger partial charge on any atom is 0.0471 e. The molecule has 1 fully saturated rings. The Bertz CT molecular complexity index is 423. The Kier molecular flexibility index (Phi) is 4.15. The summed E-state index contributed by atoms with van der Waals surface area (Å²) >= 11 is 2.03. The first-order valence-electron chi connectivity index (χ1n) is 7.27. The molecular weight excluding hydrogens is 254 g/mol. The molecule has 2 aliphatic heterocycles. The van der Waals surface area contributed by atoms with Gasteiger partial charge in [-0.1, -0.05) is 18.2 Å². The normalized spacial score (nSPS) is 25.2. The molecule has 0 spiro atoms. The van der Waals surface area contributed by atoms with Gasteiger partial charge < -0.3 is 10.1 Å². The fourth-order valence-corrected chi connectivity index (χ4v) is 4.81. The lowest BCUT2D eigenvalue weighted by atomic mass is 9.72. The summed E-state index contributed by atoms with van der Waals surface area (Å²) in [5, 5.41) is 3.41. The first-order chi connectivity index (χ1) is 9.33. The van der Waals surface area contributed by atoms with E-state index in [1.807, 2.05) is 11.8 Å². The summed E-state index contributed by atoms with van der Waals surface area (Å²) in [6, 6.07) is 8.94. The van der Waals surface area contributed by atoms with E-state index in [1.165, 1.54) is 29.9 Å². The Morgan fingerprint density at radius 1 is 1.32 bits per heavy atom. The Morgan fingerprint density at radius 2 is 2.11 bits per heavy atom. The van der Waals surface area contributed by atoms with Crippen molar-refractivity contribution in [1.29, 1.82) is 0 Å². The fraction of sp³-hybridized carbons (Fsp3) is 0.625. The van der Waals surface area contributed by atoms with E-state index in [2.05, 4.69) is 36.6 Å². The standard InChI is InChI=1S/C16H23NOS/c1-17-12-16(6-8-18-9-7-16)10-13-11-19-15-5-3-2-4-14(13)15/h2-5,13,17H,6-12H2,1H3. The van der Waals surface area contributed by atoms with Crippen molar-refractivity contribution in [2.24, 2.45) is 5.41 Å². The first-order valence-corrected chi connectivity index (χ1v) is 8.26. The van der Waals surface area contributed by atoms with Gasteiger partial charge in [0, 0.05) is 30.4 Å². The Balaban J connectivity index is 1.76. The average Bonchev–Trinajstić information content (AvgIpc) is 2.83. The molecular formula is C16H23NOS. The molecule has 2 heterocycles. The van der Waals surface area contributed by atoms with Gasteiger partial charge in [0.25, 0.3) is 0 Å². The quantitative estimate of drug-likeness (QED) is 0.912. The van der Waals surface area contributed by atoms with Crippen LogP contribution in [-0.4, -0.2) is 32.6 Å². The Hall–Kier alpha value is -0.510. The molecule has 0 saturated carbocycles. The molecule has 2 nitrogen and oxygen atoms in total. The lowest BCUT2D eigenvalue weighted by molar-refractivity contribution is 0.00872. The predicted octanol–water partition coefficient (Wildman–Crippen LogP) is 3.28. The molecule has 0 radical (unpaired) electrons. The second-order valence-electron chi connectivity index (χ2n) is 5.89. The van der Waals surface area contributed by atoms with Crippen LogP contribution in [0.2, 0.25) is 0 Å². The molecule has 0 aliphatic carbocycles. The van der Waals surface area contributed by atoms with Crippen molar-refractivity contribution in [2.45, 2.75) is 30.1 Å². The summed E-state index contributed by atoms with van der Waals surface area (Å²) in [7, 11) is 2.08. The zero-order valence-corrected chi connectivity index (χ0v) is 12.5. The molecule has 0 bridgehead atoms. The van der Waals surface area contributed by atoms with Crippen molar-refractivity contribution in [3.63, 3.8) is 0 Å². The number of benzene rings is 1. The monoisotopic (exact) mass is 277 g/mol. The van der Waals surface area contributed by atoms with Crippen LogP contribution in [0, 0.1) is 5.41 Å². The third-order valence-corrected chi connectivity index (χ3v) is 5.84. The molecule has 19 heavy (non-hydrogen) atoms. The van der Waals surface area contributed by atoms with Crippen LogP contribution in [0.1, 0.15) is 30.7 Å². The molecule has 1 N–H and O–H groups in total. The molecule has 1 saturated heterocycles. The van der Waals surface area contributed by atoms with Crippen molar-refractivity contribution < 1.29 is 4.74 Å². The summed E-state index contributed by atoms with van der Waals surface area (Å²) in [6.45, 7) is 2.99. The van der Waals surface area contributed by atoms with Gasteiger partial charge in [0.15, 0.2) is 0 Å². The van der Waals surface area contributed by atoms with Crippen molar-refractivity contribution in [3.8, 4) is 0 Å². The van der Waals surface area contributed by atoms with Gasteiger partial charge in [0.2, 0.25) is 0 Å². The number of fused-ring (bicyclic) bond motifs is 1. The minimum absolute atomic E-state index is 0.440. The van der Waals surface area contributed by atoms with E-state index < -0.39 is 0 Å². The third kappa shape index (κ3) is 2.83. The summed E-state index contributed by atoms with van der Waals surface area (Å²) < 4.78 is 5.57. The maximum absolute atomic E-state index is 5.57. The number of hydrogen-bond acceptors (Lipinski definition) is 3. The molecule has 2 aliphatic rings. The van der Waals surface area contributed by atoms with Gasteiger partial charge in [0.05, 0.1) is 0 Å². The smallest absolute Gasteiger partial charge is 0.0471 e. The molecule has 0 aromatic heterocycles. The van der Waals surface area contributed by atoms with Crippen LogP contribution in [0.25, 0.3) is 0 Å². The van der Waals surface area contributed by atoms with Crippen LogP contribution >= 0.6 is 11.8 Å². The summed E-state index contributed by atoms with van der Waals surface area (Å²) in [5.74, 6) is 1.98. The number of ether oxygens (including phenoxy) is 1. The molecule has 1 aromatic rings. The third-order valence-electron chi connectivity index (χ3n) is 4.58. The summed E-state index contributed by atoms with van der Waals surface area (Å²) in [5.41, 5.74) is 2.02. The zero-order valence-electron chi connectivity index (χ0n) is 11.7. The van der Waals surface area contributed by atoms with Crippen LogP contribution in [0.3, 0.4) is 0 Å². The summed E-state index contributed by atoms with van der Waals surface area (Å²) in [4.78, 5) is 1.50. The molecule has 1 aromatic carbocycles.